The second kappa shape index (κ2) is 5.20. The van der Waals surface area contributed by atoms with Gasteiger partial charge in [-0.3, -0.25) is 0 Å². The van der Waals surface area contributed by atoms with Gasteiger partial charge < -0.3 is 15.6 Å². The highest BCUT2D eigenvalue weighted by Gasteiger charge is 2.08. The van der Waals surface area contributed by atoms with Crippen molar-refractivity contribution in [3.63, 3.8) is 0 Å². The largest absolute Gasteiger partial charge is 0.491 e. The summed E-state index contributed by atoms with van der Waals surface area (Å²) in [5.41, 5.74) is 6.61. The third kappa shape index (κ3) is 2.87. The minimum Gasteiger partial charge on any atom is -0.491 e. The summed E-state index contributed by atoms with van der Waals surface area (Å²) in [5, 5.41) is 9.26. The Balaban J connectivity index is 2.90. The van der Waals surface area contributed by atoms with Gasteiger partial charge in [0.05, 0.1) is 6.61 Å². The zero-order valence-electron chi connectivity index (χ0n) is 8.03. The summed E-state index contributed by atoms with van der Waals surface area (Å²) in [4.78, 5) is 0. The number of ether oxygens (including phenoxy) is 1. The molecule has 0 aromatic heterocycles. The fourth-order valence-corrected chi connectivity index (χ4v) is 1.34. The van der Waals surface area contributed by atoms with Crippen molar-refractivity contribution < 1.29 is 9.84 Å². The van der Waals surface area contributed by atoms with E-state index in [9.17, 15) is 0 Å². The highest BCUT2D eigenvalue weighted by molar-refractivity contribution is 6.30. The Labute approximate surface area is 88.4 Å². The van der Waals surface area contributed by atoms with Crippen LogP contribution in [0.1, 0.15) is 18.5 Å². The topological polar surface area (TPSA) is 55.5 Å². The van der Waals surface area contributed by atoms with Crippen LogP contribution in [0.2, 0.25) is 5.02 Å². The number of nitrogens with two attached hydrogens (primary N) is 1. The van der Waals surface area contributed by atoms with Crippen molar-refractivity contribution in [3.8, 4) is 5.75 Å². The van der Waals surface area contributed by atoms with Crippen molar-refractivity contribution in [2.45, 2.75) is 13.0 Å². The molecule has 14 heavy (non-hydrogen) atoms. The number of halogens is 1. The summed E-state index contributed by atoms with van der Waals surface area (Å²) in [5.74, 6) is 0.679. The fourth-order valence-electron chi connectivity index (χ4n) is 1.16. The van der Waals surface area contributed by atoms with Crippen molar-refractivity contribution in [3.05, 3.63) is 28.8 Å². The average Bonchev–Trinajstić information content (AvgIpc) is 2.15. The molecule has 0 bridgehead atoms. The Hall–Kier alpha value is -0.770. The molecular formula is C10H14ClNO2. The van der Waals surface area contributed by atoms with Crippen LogP contribution in [0, 0.1) is 0 Å². The van der Waals surface area contributed by atoms with E-state index in [4.69, 9.17) is 27.2 Å². The molecule has 1 atom stereocenters. The summed E-state index contributed by atoms with van der Waals surface area (Å²) in [6, 6.07) is 5.14. The molecule has 3 N–H and O–H groups in total. The molecule has 0 radical (unpaired) electrons. The molecule has 3 nitrogen and oxygen atoms in total. The Kier molecular flexibility index (Phi) is 4.20. The first-order valence-electron chi connectivity index (χ1n) is 4.44. The van der Waals surface area contributed by atoms with E-state index in [-0.39, 0.29) is 19.3 Å². The predicted molar refractivity (Wildman–Crippen MR) is 56.6 cm³/mol. The van der Waals surface area contributed by atoms with Gasteiger partial charge in [0.25, 0.3) is 0 Å². The lowest BCUT2D eigenvalue weighted by molar-refractivity contribution is 0.200. The molecule has 0 aliphatic heterocycles. The van der Waals surface area contributed by atoms with Gasteiger partial charge in [-0.25, -0.2) is 0 Å². The minimum absolute atomic E-state index is 0.0129. The van der Waals surface area contributed by atoms with Gasteiger partial charge in [0, 0.05) is 16.6 Å². The maximum absolute atomic E-state index is 8.63. The molecule has 0 heterocycles. The standard InChI is InChI=1S/C10H14ClNO2/c1-7(12)9-6-8(11)2-3-10(9)14-5-4-13/h2-3,6-7,13H,4-5,12H2,1H3/t7-/m1/s1. The second-order valence-electron chi connectivity index (χ2n) is 3.04. The van der Waals surface area contributed by atoms with Crippen LogP contribution in [0.3, 0.4) is 0 Å². The van der Waals surface area contributed by atoms with Gasteiger partial charge in [0.15, 0.2) is 0 Å². The van der Waals surface area contributed by atoms with Crippen LogP contribution in [-0.2, 0) is 0 Å². The number of rotatable bonds is 4. The van der Waals surface area contributed by atoms with Gasteiger partial charge in [-0.05, 0) is 25.1 Å². The fraction of sp³-hybridized carbons (Fsp3) is 0.400. The number of aliphatic hydroxyl groups excluding tert-OH is 1. The molecule has 0 unspecified atom stereocenters. The van der Waals surface area contributed by atoms with Crippen LogP contribution in [-0.4, -0.2) is 18.3 Å². The number of hydrogen-bond donors (Lipinski definition) is 2. The molecule has 1 rings (SSSR count). The summed E-state index contributed by atoms with van der Waals surface area (Å²) < 4.78 is 5.31. The van der Waals surface area contributed by atoms with Gasteiger partial charge in [-0.2, -0.15) is 0 Å². The van der Waals surface area contributed by atoms with Gasteiger partial charge in [0.1, 0.15) is 12.4 Å². The Morgan fingerprint density at radius 2 is 2.29 bits per heavy atom. The molecule has 0 aliphatic rings. The quantitative estimate of drug-likeness (QED) is 0.805. The maximum Gasteiger partial charge on any atom is 0.124 e. The Morgan fingerprint density at radius 1 is 1.57 bits per heavy atom. The lowest BCUT2D eigenvalue weighted by atomic mass is 10.1. The normalized spacial score (nSPS) is 12.6. The molecule has 1 aromatic carbocycles. The third-order valence-electron chi connectivity index (χ3n) is 1.81. The van der Waals surface area contributed by atoms with Crippen LogP contribution < -0.4 is 10.5 Å². The predicted octanol–water partition coefficient (Wildman–Crippen LogP) is 1.73. The third-order valence-corrected chi connectivity index (χ3v) is 2.05. The van der Waals surface area contributed by atoms with Crippen molar-refractivity contribution >= 4 is 11.6 Å². The van der Waals surface area contributed by atoms with Crippen LogP contribution in [0.4, 0.5) is 0 Å². The van der Waals surface area contributed by atoms with Crippen molar-refractivity contribution in [2.24, 2.45) is 5.73 Å². The van der Waals surface area contributed by atoms with Gasteiger partial charge in [-0.1, -0.05) is 11.6 Å². The molecule has 0 aliphatic carbocycles. The molecule has 0 saturated heterocycles. The summed E-state index contributed by atoms with van der Waals surface area (Å²) in [7, 11) is 0. The van der Waals surface area contributed by atoms with Crippen LogP contribution in [0.5, 0.6) is 5.75 Å². The molecule has 1 aromatic rings. The zero-order chi connectivity index (χ0) is 10.6. The first-order valence-corrected chi connectivity index (χ1v) is 4.81. The van der Waals surface area contributed by atoms with E-state index in [1.54, 1.807) is 18.2 Å². The van der Waals surface area contributed by atoms with Gasteiger partial charge >= 0.3 is 0 Å². The van der Waals surface area contributed by atoms with E-state index >= 15 is 0 Å². The Morgan fingerprint density at radius 3 is 2.86 bits per heavy atom. The van der Waals surface area contributed by atoms with E-state index in [1.165, 1.54) is 0 Å². The lowest BCUT2D eigenvalue weighted by Gasteiger charge is -2.13. The molecule has 0 saturated carbocycles. The summed E-state index contributed by atoms with van der Waals surface area (Å²) in [6.45, 7) is 2.11. The zero-order valence-corrected chi connectivity index (χ0v) is 8.79. The van der Waals surface area contributed by atoms with Crippen molar-refractivity contribution in [1.29, 1.82) is 0 Å². The first kappa shape index (κ1) is 11.3. The average molecular weight is 216 g/mol. The number of hydrogen-bond acceptors (Lipinski definition) is 3. The molecule has 0 fully saturated rings. The van der Waals surface area contributed by atoms with E-state index in [1.807, 2.05) is 6.92 Å². The smallest absolute Gasteiger partial charge is 0.124 e. The van der Waals surface area contributed by atoms with Gasteiger partial charge in [0.2, 0.25) is 0 Å². The summed E-state index contributed by atoms with van der Waals surface area (Å²) >= 11 is 5.83. The molecule has 0 spiro atoms. The van der Waals surface area contributed by atoms with Crippen molar-refractivity contribution in [2.75, 3.05) is 13.2 Å². The lowest BCUT2D eigenvalue weighted by Crippen LogP contribution is -2.09. The first-order chi connectivity index (χ1) is 6.65. The molecule has 78 valence electrons. The van der Waals surface area contributed by atoms with E-state index in [2.05, 4.69) is 0 Å². The minimum atomic E-state index is -0.137. The number of aliphatic hydroxyl groups is 1. The van der Waals surface area contributed by atoms with E-state index in [0.29, 0.717) is 10.8 Å². The van der Waals surface area contributed by atoms with Crippen LogP contribution in [0.15, 0.2) is 18.2 Å². The van der Waals surface area contributed by atoms with Gasteiger partial charge in [-0.15, -0.1) is 0 Å². The molecule has 4 heteroatoms. The van der Waals surface area contributed by atoms with Crippen molar-refractivity contribution in [1.82, 2.24) is 0 Å². The monoisotopic (exact) mass is 215 g/mol. The van der Waals surface area contributed by atoms with Crippen LogP contribution in [0.25, 0.3) is 0 Å². The Bertz CT molecular complexity index is 302. The highest BCUT2D eigenvalue weighted by atomic mass is 35.5. The highest BCUT2D eigenvalue weighted by Crippen LogP contribution is 2.26. The summed E-state index contributed by atoms with van der Waals surface area (Å²) in [6.07, 6.45) is 0. The maximum atomic E-state index is 8.63. The molecule has 0 amide bonds. The van der Waals surface area contributed by atoms with Crippen LogP contribution >= 0.6 is 11.6 Å². The number of benzene rings is 1. The molecular weight excluding hydrogens is 202 g/mol. The SMILES string of the molecule is C[C@@H](N)c1cc(Cl)ccc1OCCO. The second-order valence-corrected chi connectivity index (χ2v) is 3.48. The van der Waals surface area contributed by atoms with E-state index < -0.39 is 0 Å². The van der Waals surface area contributed by atoms with E-state index in [0.717, 1.165) is 5.56 Å².